The predicted octanol–water partition coefficient (Wildman–Crippen LogP) is 2.81. The lowest BCUT2D eigenvalue weighted by molar-refractivity contribution is -0.146. The van der Waals surface area contributed by atoms with Crippen molar-refractivity contribution in [3.63, 3.8) is 0 Å². The average Bonchev–Trinajstić information content (AvgIpc) is 3.21. The van der Waals surface area contributed by atoms with Crippen LogP contribution in [0.25, 0.3) is 0 Å². The number of hydrogen-bond donors (Lipinski definition) is 1. The highest BCUT2D eigenvalue weighted by Crippen LogP contribution is 2.39. The second kappa shape index (κ2) is 7.33. The number of carbonyl (C=O) groups excluding carboxylic acids is 1. The van der Waals surface area contributed by atoms with Crippen molar-refractivity contribution in [2.45, 2.75) is 57.1 Å². The summed E-state index contributed by atoms with van der Waals surface area (Å²) in [5, 5.41) is 9.61. The summed E-state index contributed by atoms with van der Waals surface area (Å²) in [6.45, 7) is 2.20. The van der Waals surface area contributed by atoms with Crippen LogP contribution in [0.1, 0.15) is 50.5 Å². The number of likely N-dealkylation sites (N-methyl/N-ethyl adjacent to an activating group) is 1. The molecule has 0 spiro atoms. The van der Waals surface area contributed by atoms with Crippen LogP contribution < -0.4 is 9.47 Å². The van der Waals surface area contributed by atoms with Crippen LogP contribution in [0.5, 0.6) is 11.5 Å². The van der Waals surface area contributed by atoms with Crippen LogP contribution in [0.4, 0.5) is 0 Å². The summed E-state index contributed by atoms with van der Waals surface area (Å²) in [4.78, 5) is 25.4. The number of likely N-dealkylation sites (tertiary alicyclic amines) is 1. The van der Waals surface area contributed by atoms with Gasteiger partial charge in [0.2, 0.25) is 5.91 Å². The molecule has 6 nitrogen and oxygen atoms in total. The molecule has 1 heterocycles. The number of rotatable bonds is 6. The van der Waals surface area contributed by atoms with E-state index in [0.29, 0.717) is 18.0 Å². The van der Waals surface area contributed by atoms with Crippen molar-refractivity contribution in [1.82, 2.24) is 4.90 Å². The Morgan fingerprint density at radius 3 is 2.60 bits per heavy atom. The van der Waals surface area contributed by atoms with E-state index in [-0.39, 0.29) is 24.3 Å². The number of carboxylic acids is 1. The maximum atomic E-state index is 12.2. The third kappa shape index (κ3) is 3.43. The van der Waals surface area contributed by atoms with Crippen molar-refractivity contribution >= 4 is 11.9 Å². The van der Waals surface area contributed by atoms with Gasteiger partial charge in [-0.15, -0.1) is 0 Å². The largest absolute Gasteiger partial charge is 0.493 e. The predicted molar refractivity (Wildman–Crippen MR) is 92.0 cm³/mol. The Balaban J connectivity index is 1.90. The van der Waals surface area contributed by atoms with Crippen LogP contribution in [0.2, 0.25) is 0 Å². The molecular weight excluding hydrogens is 322 g/mol. The fourth-order valence-electron chi connectivity index (χ4n) is 3.97. The van der Waals surface area contributed by atoms with Crippen LogP contribution in [0, 0.1) is 0 Å². The Morgan fingerprint density at radius 1 is 1.28 bits per heavy atom. The van der Waals surface area contributed by atoms with Gasteiger partial charge in [0.1, 0.15) is 6.04 Å². The molecule has 1 aromatic carbocycles. The molecule has 0 radical (unpaired) electrons. The number of ether oxygens (including phenoxy) is 2. The van der Waals surface area contributed by atoms with E-state index in [1.807, 2.05) is 12.1 Å². The van der Waals surface area contributed by atoms with Gasteiger partial charge in [0.15, 0.2) is 11.5 Å². The molecule has 1 aliphatic heterocycles. The van der Waals surface area contributed by atoms with Crippen molar-refractivity contribution in [1.29, 1.82) is 0 Å². The number of amides is 1. The van der Waals surface area contributed by atoms with Gasteiger partial charge in [0.05, 0.1) is 13.2 Å². The van der Waals surface area contributed by atoms with Gasteiger partial charge < -0.3 is 19.5 Å². The molecule has 2 atom stereocenters. The number of aliphatic carboxylic acids is 1. The highest BCUT2D eigenvalue weighted by atomic mass is 16.5. The minimum absolute atomic E-state index is 0.117. The number of carboxylic acid groups (broad SMARTS) is 1. The van der Waals surface area contributed by atoms with Gasteiger partial charge in [-0.1, -0.05) is 6.07 Å². The Morgan fingerprint density at radius 2 is 2.00 bits per heavy atom. The molecule has 6 heteroatoms. The third-order valence-corrected chi connectivity index (χ3v) is 5.24. The minimum atomic E-state index is -0.966. The van der Waals surface area contributed by atoms with E-state index in [9.17, 15) is 14.7 Å². The second-order valence-electron chi connectivity index (χ2n) is 6.71. The second-order valence-corrected chi connectivity index (χ2v) is 6.71. The maximum Gasteiger partial charge on any atom is 0.327 e. The van der Waals surface area contributed by atoms with Gasteiger partial charge in [-0.3, -0.25) is 4.79 Å². The van der Waals surface area contributed by atoms with Crippen molar-refractivity contribution in [3.8, 4) is 11.5 Å². The number of carbonyl (C=O) groups is 2. The van der Waals surface area contributed by atoms with Gasteiger partial charge in [-0.25, -0.2) is 4.79 Å². The molecule has 3 rings (SSSR count). The molecule has 1 saturated heterocycles. The number of methoxy groups -OCH3 is 1. The summed E-state index contributed by atoms with van der Waals surface area (Å²) in [5.74, 6) is -0.180. The molecule has 1 N–H and O–H groups in total. The monoisotopic (exact) mass is 347 g/mol. The zero-order valence-corrected chi connectivity index (χ0v) is 14.7. The van der Waals surface area contributed by atoms with Crippen LogP contribution in [0.3, 0.4) is 0 Å². The lowest BCUT2D eigenvalue weighted by Crippen LogP contribution is -2.40. The van der Waals surface area contributed by atoms with Crippen LogP contribution in [-0.4, -0.2) is 47.7 Å². The Bertz CT molecular complexity index is 653. The lowest BCUT2D eigenvalue weighted by atomic mass is 9.91. The Labute approximate surface area is 147 Å². The molecule has 1 amide bonds. The van der Waals surface area contributed by atoms with Gasteiger partial charge >= 0.3 is 5.97 Å². The Hall–Kier alpha value is -2.24. The van der Waals surface area contributed by atoms with E-state index in [1.165, 1.54) is 4.90 Å². The van der Waals surface area contributed by atoms with Crippen molar-refractivity contribution in [2.24, 2.45) is 0 Å². The molecule has 1 saturated carbocycles. The van der Waals surface area contributed by atoms with Gasteiger partial charge in [0.25, 0.3) is 0 Å². The molecular formula is C19H25NO5. The summed E-state index contributed by atoms with van der Waals surface area (Å²) in [6.07, 6.45) is 4.76. The quantitative estimate of drug-likeness (QED) is 0.856. The zero-order valence-electron chi connectivity index (χ0n) is 14.7. The summed E-state index contributed by atoms with van der Waals surface area (Å²) >= 11 is 0. The molecule has 1 aliphatic carbocycles. The normalized spacial score (nSPS) is 23.9. The van der Waals surface area contributed by atoms with E-state index in [2.05, 4.69) is 0 Å². The topological polar surface area (TPSA) is 76.1 Å². The third-order valence-electron chi connectivity index (χ3n) is 5.24. The molecule has 25 heavy (non-hydrogen) atoms. The summed E-state index contributed by atoms with van der Waals surface area (Å²) in [7, 11) is 1.59. The van der Waals surface area contributed by atoms with E-state index >= 15 is 0 Å². The molecule has 136 valence electrons. The van der Waals surface area contributed by atoms with E-state index in [4.69, 9.17) is 9.47 Å². The number of benzene rings is 1. The highest BCUT2D eigenvalue weighted by molar-refractivity contribution is 5.89. The van der Waals surface area contributed by atoms with Crippen LogP contribution in [0.15, 0.2) is 18.2 Å². The highest BCUT2D eigenvalue weighted by Gasteiger charge is 2.44. The number of hydrogen-bond acceptors (Lipinski definition) is 4. The van der Waals surface area contributed by atoms with Crippen molar-refractivity contribution in [3.05, 3.63) is 23.8 Å². The first kappa shape index (κ1) is 17.6. The lowest BCUT2D eigenvalue weighted by Gasteiger charge is -2.24. The summed E-state index contributed by atoms with van der Waals surface area (Å²) in [5.41, 5.74) is 0.811. The SMILES string of the molecule is CCN1C(=O)CC(c2ccc(OC)c(OC3CCCC3)c2)C1C(=O)O. The molecule has 2 fully saturated rings. The smallest absolute Gasteiger partial charge is 0.327 e. The van der Waals surface area contributed by atoms with Crippen LogP contribution in [-0.2, 0) is 9.59 Å². The minimum Gasteiger partial charge on any atom is -0.493 e. The van der Waals surface area contributed by atoms with Gasteiger partial charge in [-0.2, -0.15) is 0 Å². The van der Waals surface area contributed by atoms with E-state index in [1.54, 1.807) is 20.1 Å². The maximum absolute atomic E-state index is 12.2. The van der Waals surface area contributed by atoms with Gasteiger partial charge in [-0.05, 0) is 50.3 Å². The fourth-order valence-corrected chi connectivity index (χ4v) is 3.97. The first-order chi connectivity index (χ1) is 12.0. The molecule has 2 unspecified atom stereocenters. The Kier molecular flexibility index (Phi) is 5.16. The summed E-state index contributed by atoms with van der Waals surface area (Å²) in [6, 6.07) is 4.67. The molecule has 0 aromatic heterocycles. The van der Waals surface area contributed by atoms with Gasteiger partial charge in [0, 0.05) is 18.9 Å². The summed E-state index contributed by atoms with van der Waals surface area (Å²) < 4.78 is 11.5. The molecule has 0 bridgehead atoms. The van der Waals surface area contributed by atoms with E-state index in [0.717, 1.165) is 31.2 Å². The fraction of sp³-hybridized carbons (Fsp3) is 0.579. The van der Waals surface area contributed by atoms with Crippen LogP contribution >= 0.6 is 0 Å². The number of nitrogens with zero attached hydrogens (tertiary/aromatic N) is 1. The van der Waals surface area contributed by atoms with Crippen molar-refractivity contribution in [2.75, 3.05) is 13.7 Å². The first-order valence-electron chi connectivity index (χ1n) is 8.92. The average molecular weight is 347 g/mol. The van der Waals surface area contributed by atoms with E-state index < -0.39 is 12.0 Å². The standard InChI is InChI=1S/C19H25NO5/c1-3-20-17(21)11-14(18(20)19(22)23)12-8-9-15(24-2)16(10-12)25-13-6-4-5-7-13/h8-10,13-14,18H,3-7,11H2,1-2H3,(H,22,23). The van der Waals surface area contributed by atoms with Crippen molar-refractivity contribution < 1.29 is 24.2 Å². The molecule has 2 aliphatic rings. The zero-order chi connectivity index (χ0) is 18.0. The first-order valence-corrected chi connectivity index (χ1v) is 8.92. The molecule has 1 aromatic rings.